The van der Waals surface area contributed by atoms with Gasteiger partial charge in [0.15, 0.2) is 0 Å². The molecule has 2 rings (SSSR count). The summed E-state index contributed by atoms with van der Waals surface area (Å²) >= 11 is 3.32. The number of hydrogen-bond donors (Lipinski definition) is 1. The molecule has 0 aliphatic carbocycles. The van der Waals surface area contributed by atoms with Crippen molar-refractivity contribution in [3.63, 3.8) is 0 Å². The molecule has 0 saturated carbocycles. The van der Waals surface area contributed by atoms with Crippen LogP contribution < -0.4 is 5.32 Å². The monoisotopic (exact) mass is 315 g/mol. The molecule has 1 heterocycles. The van der Waals surface area contributed by atoms with Crippen molar-refractivity contribution in [2.24, 2.45) is 5.92 Å². The maximum atomic E-state index is 13.5. The normalized spacial score (nSPS) is 25.3. The molecule has 0 radical (unpaired) electrons. The van der Waals surface area contributed by atoms with Crippen molar-refractivity contribution in [2.45, 2.75) is 31.9 Å². The minimum Gasteiger partial charge on any atom is -0.378 e. The molecule has 3 unspecified atom stereocenters. The van der Waals surface area contributed by atoms with Crippen molar-refractivity contribution in [1.82, 2.24) is 5.32 Å². The van der Waals surface area contributed by atoms with Crippen LogP contribution in [0.5, 0.6) is 0 Å². The molecule has 1 aromatic rings. The Hall–Kier alpha value is -0.450. The number of benzene rings is 1. The van der Waals surface area contributed by atoms with E-state index in [4.69, 9.17) is 4.74 Å². The largest absolute Gasteiger partial charge is 0.378 e. The predicted octanol–water partition coefficient (Wildman–Crippen LogP) is 3.14. The Kier molecular flexibility index (Phi) is 4.76. The van der Waals surface area contributed by atoms with Gasteiger partial charge in [0.25, 0.3) is 0 Å². The highest BCUT2D eigenvalue weighted by molar-refractivity contribution is 9.10. The van der Waals surface area contributed by atoms with E-state index in [1.165, 1.54) is 6.07 Å². The fourth-order valence-corrected chi connectivity index (χ4v) is 3.00. The summed E-state index contributed by atoms with van der Waals surface area (Å²) in [6.45, 7) is 2.89. The lowest BCUT2D eigenvalue weighted by Crippen LogP contribution is -2.36. The smallest absolute Gasteiger partial charge is 0.137 e. The minimum atomic E-state index is -0.196. The number of nitrogens with one attached hydrogen (secondary N) is 1. The Balaban J connectivity index is 2.08. The second kappa shape index (κ2) is 6.13. The lowest BCUT2D eigenvalue weighted by atomic mass is 9.91. The maximum Gasteiger partial charge on any atom is 0.137 e. The first-order valence-corrected chi connectivity index (χ1v) is 7.13. The van der Waals surface area contributed by atoms with Gasteiger partial charge in [-0.2, -0.15) is 0 Å². The fourth-order valence-electron chi connectivity index (χ4n) is 2.58. The van der Waals surface area contributed by atoms with Crippen molar-refractivity contribution in [3.05, 3.63) is 34.1 Å². The van der Waals surface area contributed by atoms with Crippen molar-refractivity contribution in [1.29, 1.82) is 0 Å². The Morgan fingerprint density at radius 3 is 2.94 bits per heavy atom. The maximum absolute atomic E-state index is 13.5. The first-order chi connectivity index (χ1) is 8.61. The second-order valence-corrected chi connectivity index (χ2v) is 5.74. The van der Waals surface area contributed by atoms with E-state index in [-0.39, 0.29) is 5.82 Å². The van der Waals surface area contributed by atoms with E-state index in [1.54, 1.807) is 6.07 Å². The van der Waals surface area contributed by atoms with Crippen LogP contribution in [-0.4, -0.2) is 25.8 Å². The van der Waals surface area contributed by atoms with Crippen molar-refractivity contribution in [3.8, 4) is 0 Å². The van der Waals surface area contributed by atoms with Gasteiger partial charge >= 0.3 is 0 Å². The van der Waals surface area contributed by atoms with E-state index >= 15 is 0 Å². The van der Waals surface area contributed by atoms with Crippen LogP contribution in [-0.2, 0) is 11.2 Å². The van der Waals surface area contributed by atoms with Crippen LogP contribution in [0.4, 0.5) is 4.39 Å². The van der Waals surface area contributed by atoms with Crippen molar-refractivity contribution in [2.75, 3.05) is 13.7 Å². The molecule has 1 aliphatic rings. The zero-order valence-corrected chi connectivity index (χ0v) is 12.3. The van der Waals surface area contributed by atoms with Crippen LogP contribution >= 0.6 is 15.9 Å². The third-order valence-electron chi connectivity index (χ3n) is 3.64. The highest BCUT2D eigenvalue weighted by Crippen LogP contribution is 2.27. The summed E-state index contributed by atoms with van der Waals surface area (Å²) in [7, 11) is 1.96. The Labute approximate surface area is 116 Å². The van der Waals surface area contributed by atoms with E-state index in [0.717, 1.165) is 25.0 Å². The average molecular weight is 316 g/mol. The van der Waals surface area contributed by atoms with Gasteiger partial charge < -0.3 is 10.1 Å². The lowest BCUT2D eigenvalue weighted by molar-refractivity contribution is 0.117. The van der Waals surface area contributed by atoms with E-state index in [0.29, 0.717) is 22.5 Å². The van der Waals surface area contributed by atoms with Gasteiger partial charge in [0, 0.05) is 12.0 Å². The van der Waals surface area contributed by atoms with Crippen molar-refractivity contribution < 1.29 is 9.13 Å². The lowest BCUT2D eigenvalue weighted by Gasteiger charge is -2.22. The Morgan fingerprint density at radius 2 is 2.33 bits per heavy atom. The van der Waals surface area contributed by atoms with E-state index < -0.39 is 0 Å². The summed E-state index contributed by atoms with van der Waals surface area (Å²) in [6, 6.07) is 5.53. The first kappa shape index (κ1) is 14.0. The van der Waals surface area contributed by atoms with Crippen LogP contribution in [0.25, 0.3) is 0 Å². The van der Waals surface area contributed by atoms with Gasteiger partial charge in [-0.3, -0.25) is 0 Å². The van der Waals surface area contributed by atoms with Crippen LogP contribution in [0.2, 0.25) is 0 Å². The van der Waals surface area contributed by atoms with Gasteiger partial charge in [0.2, 0.25) is 0 Å². The quantitative estimate of drug-likeness (QED) is 0.921. The molecule has 100 valence electrons. The number of rotatable bonds is 4. The van der Waals surface area contributed by atoms with Gasteiger partial charge in [0.05, 0.1) is 17.2 Å². The summed E-state index contributed by atoms with van der Waals surface area (Å²) < 4.78 is 19.7. The molecule has 1 N–H and O–H groups in total. The second-order valence-electron chi connectivity index (χ2n) is 4.95. The summed E-state index contributed by atoms with van der Waals surface area (Å²) in [5.74, 6) is 0.304. The molecule has 1 aromatic carbocycles. The topological polar surface area (TPSA) is 21.3 Å². The number of likely N-dealkylation sites (N-methyl/N-ethyl adjacent to an activating group) is 1. The molecule has 0 amide bonds. The SMILES string of the molecule is CNC(Cc1cccc(F)c1Br)C1COC(C)C1. The van der Waals surface area contributed by atoms with Gasteiger partial charge in [-0.15, -0.1) is 0 Å². The van der Waals surface area contributed by atoms with Crippen LogP contribution in [0.15, 0.2) is 22.7 Å². The predicted molar refractivity (Wildman–Crippen MR) is 74.2 cm³/mol. The highest BCUT2D eigenvalue weighted by Gasteiger charge is 2.29. The third kappa shape index (κ3) is 3.11. The molecule has 4 heteroatoms. The zero-order valence-electron chi connectivity index (χ0n) is 10.7. The Bertz CT molecular complexity index is 413. The van der Waals surface area contributed by atoms with Crippen LogP contribution in [0.1, 0.15) is 18.9 Å². The molecule has 1 saturated heterocycles. The summed E-state index contributed by atoms with van der Waals surface area (Å²) in [5, 5.41) is 3.34. The number of halogens is 2. The fraction of sp³-hybridized carbons (Fsp3) is 0.571. The summed E-state index contributed by atoms with van der Waals surface area (Å²) in [6.07, 6.45) is 2.22. The number of hydrogen-bond acceptors (Lipinski definition) is 2. The molecule has 0 aromatic heterocycles. The van der Waals surface area contributed by atoms with Crippen LogP contribution in [0, 0.1) is 11.7 Å². The molecule has 0 bridgehead atoms. The van der Waals surface area contributed by atoms with Crippen molar-refractivity contribution >= 4 is 15.9 Å². The minimum absolute atomic E-state index is 0.196. The van der Waals surface area contributed by atoms with Gasteiger partial charge in [-0.25, -0.2) is 4.39 Å². The van der Waals surface area contributed by atoms with Gasteiger partial charge in [-0.05, 0) is 54.4 Å². The molecular formula is C14H19BrFNO. The summed E-state index contributed by atoms with van der Waals surface area (Å²) in [4.78, 5) is 0. The van der Waals surface area contributed by atoms with Crippen LogP contribution in [0.3, 0.4) is 0 Å². The molecular weight excluding hydrogens is 297 g/mol. The van der Waals surface area contributed by atoms with E-state index in [1.807, 2.05) is 13.1 Å². The third-order valence-corrected chi connectivity index (χ3v) is 4.53. The Morgan fingerprint density at radius 1 is 1.56 bits per heavy atom. The van der Waals surface area contributed by atoms with E-state index in [9.17, 15) is 4.39 Å². The van der Waals surface area contributed by atoms with Gasteiger partial charge in [0.1, 0.15) is 5.82 Å². The molecule has 1 fully saturated rings. The summed E-state index contributed by atoms with van der Waals surface area (Å²) in [5.41, 5.74) is 1.01. The molecule has 18 heavy (non-hydrogen) atoms. The van der Waals surface area contributed by atoms with Gasteiger partial charge in [-0.1, -0.05) is 12.1 Å². The standard InChI is InChI=1S/C14H19BrFNO/c1-9-6-11(8-18-9)13(17-2)7-10-4-3-5-12(16)14(10)15/h3-5,9,11,13,17H,6-8H2,1-2H3. The average Bonchev–Trinajstić information content (AvgIpc) is 2.78. The molecule has 0 spiro atoms. The van der Waals surface area contributed by atoms with E-state index in [2.05, 4.69) is 28.2 Å². The molecule has 3 atom stereocenters. The molecule has 2 nitrogen and oxygen atoms in total. The first-order valence-electron chi connectivity index (χ1n) is 6.33. The highest BCUT2D eigenvalue weighted by atomic mass is 79.9. The zero-order chi connectivity index (χ0) is 13.1. The molecule has 1 aliphatic heterocycles. The number of ether oxygens (including phenoxy) is 1.